The number of hydrogen-bond acceptors (Lipinski definition) is 5. The molecule has 1 amide bonds. The van der Waals surface area contributed by atoms with Crippen molar-refractivity contribution in [2.24, 2.45) is 17.3 Å². The summed E-state index contributed by atoms with van der Waals surface area (Å²) in [4.78, 5) is 17.7. The molecule has 2 heterocycles. The van der Waals surface area contributed by atoms with E-state index < -0.39 is 10.8 Å². The summed E-state index contributed by atoms with van der Waals surface area (Å²) in [5, 5.41) is 13.3. The minimum atomic E-state index is -0.961. The molecule has 2 fully saturated rings. The molecular formula is C30H38N4O2S. The van der Waals surface area contributed by atoms with Crippen LogP contribution in [0.2, 0.25) is 0 Å². The van der Waals surface area contributed by atoms with Crippen molar-refractivity contribution in [1.82, 2.24) is 15.1 Å². The van der Waals surface area contributed by atoms with Crippen molar-refractivity contribution in [3.8, 4) is 6.07 Å². The molecule has 1 saturated carbocycles. The minimum Gasteiger partial charge on any atom is -0.381 e. The van der Waals surface area contributed by atoms with Crippen molar-refractivity contribution in [3.63, 3.8) is 0 Å². The molecule has 196 valence electrons. The number of allylic oxidation sites excluding steroid dienone is 7. The van der Waals surface area contributed by atoms with Gasteiger partial charge in [0, 0.05) is 60.9 Å². The van der Waals surface area contributed by atoms with E-state index in [0.717, 1.165) is 66.2 Å². The lowest BCUT2D eigenvalue weighted by Gasteiger charge is -2.31. The Morgan fingerprint density at radius 3 is 2.57 bits per heavy atom. The van der Waals surface area contributed by atoms with Crippen LogP contribution < -0.4 is 5.32 Å². The summed E-state index contributed by atoms with van der Waals surface area (Å²) in [5.74, 6) is 2.00. The fraction of sp³-hybridized carbons (Fsp3) is 0.533. The van der Waals surface area contributed by atoms with E-state index in [4.69, 9.17) is 0 Å². The third-order valence-corrected chi connectivity index (χ3v) is 9.97. The van der Waals surface area contributed by atoms with Gasteiger partial charge >= 0.3 is 0 Å². The van der Waals surface area contributed by atoms with Gasteiger partial charge < -0.3 is 10.2 Å². The van der Waals surface area contributed by atoms with Crippen LogP contribution in [0, 0.1) is 28.6 Å². The maximum absolute atomic E-state index is 13.6. The van der Waals surface area contributed by atoms with Crippen LogP contribution in [0.3, 0.4) is 0 Å². The van der Waals surface area contributed by atoms with Gasteiger partial charge in [-0.3, -0.25) is 13.9 Å². The van der Waals surface area contributed by atoms with Gasteiger partial charge in [-0.1, -0.05) is 29.9 Å². The first-order valence-electron chi connectivity index (χ1n) is 13.3. The average Bonchev–Trinajstić information content (AvgIpc) is 3.28. The van der Waals surface area contributed by atoms with Crippen molar-refractivity contribution in [3.05, 3.63) is 70.3 Å². The lowest BCUT2D eigenvalue weighted by molar-refractivity contribution is -0.125. The lowest BCUT2D eigenvalue weighted by Crippen LogP contribution is -2.36. The molecule has 6 nitrogen and oxygen atoms in total. The maximum atomic E-state index is 13.6. The number of hydrogen-bond donors (Lipinski definition) is 1. The van der Waals surface area contributed by atoms with Gasteiger partial charge in [0.25, 0.3) is 5.91 Å². The summed E-state index contributed by atoms with van der Waals surface area (Å²) in [6, 6.07) is 2.53. The van der Waals surface area contributed by atoms with Crippen LogP contribution in [-0.2, 0) is 15.6 Å². The van der Waals surface area contributed by atoms with Gasteiger partial charge in [0.05, 0.1) is 16.7 Å². The molecule has 5 rings (SSSR count). The molecule has 0 radical (unpaired) electrons. The van der Waals surface area contributed by atoms with Crippen molar-refractivity contribution < 1.29 is 9.00 Å². The van der Waals surface area contributed by atoms with E-state index in [2.05, 4.69) is 55.3 Å². The monoisotopic (exact) mass is 518 g/mol. The SMILES string of the molecule is CC1=CC([C@@H](C)NC2=CC=CCC2S(C)=O)=C2C=C(N3CC4CC(C)(C#N)CC4C3)N(C)C(=O)C(=C1)C2. The fourth-order valence-electron chi connectivity index (χ4n) is 6.87. The molecular weight excluding hydrogens is 480 g/mol. The Morgan fingerprint density at radius 2 is 1.92 bits per heavy atom. The van der Waals surface area contributed by atoms with Crippen molar-refractivity contribution >= 4 is 16.7 Å². The zero-order valence-corrected chi connectivity index (χ0v) is 23.4. The topological polar surface area (TPSA) is 76.4 Å². The van der Waals surface area contributed by atoms with E-state index in [-0.39, 0.29) is 22.6 Å². The summed E-state index contributed by atoms with van der Waals surface area (Å²) < 4.78 is 12.4. The largest absolute Gasteiger partial charge is 0.381 e. The number of amides is 1. The number of fused-ring (bicyclic) bond motifs is 3. The summed E-state index contributed by atoms with van der Waals surface area (Å²) in [6.07, 6.45) is 17.6. The van der Waals surface area contributed by atoms with Crippen LogP contribution in [0.4, 0.5) is 0 Å². The number of rotatable bonds is 5. The number of carbonyl (C=O) groups is 1. The van der Waals surface area contributed by atoms with Crippen LogP contribution in [0.15, 0.2) is 70.3 Å². The van der Waals surface area contributed by atoms with E-state index >= 15 is 0 Å². The molecule has 2 aliphatic heterocycles. The molecule has 0 aromatic rings. The number of nitrogens with one attached hydrogen (secondary N) is 1. The van der Waals surface area contributed by atoms with Gasteiger partial charge in [-0.15, -0.1) is 0 Å². The molecule has 2 bridgehead atoms. The zero-order valence-electron chi connectivity index (χ0n) is 22.6. The molecule has 4 unspecified atom stereocenters. The summed E-state index contributed by atoms with van der Waals surface area (Å²) in [5.41, 5.74) is 4.97. The van der Waals surface area contributed by atoms with Crippen LogP contribution >= 0.6 is 0 Å². The summed E-state index contributed by atoms with van der Waals surface area (Å²) >= 11 is 0. The molecule has 7 heteroatoms. The molecule has 3 aliphatic carbocycles. The molecule has 5 atom stereocenters. The Hall–Kier alpha value is -2.85. The normalized spacial score (nSPS) is 33.0. The molecule has 0 spiro atoms. The first-order chi connectivity index (χ1) is 17.6. The first-order valence-corrected chi connectivity index (χ1v) is 14.9. The average molecular weight is 519 g/mol. The fourth-order valence-corrected chi connectivity index (χ4v) is 7.76. The van der Waals surface area contributed by atoms with E-state index in [0.29, 0.717) is 18.3 Å². The highest BCUT2D eigenvalue weighted by molar-refractivity contribution is 7.85. The van der Waals surface area contributed by atoms with Crippen molar-refractivity contribution in [1.29, 1.82) is 5.26 Å². The molecule has 37 heavy (non-hydrogen) atoms. The highest BCUT2D eigenvalue weighted by atomic mass is 32.2. The third kappa shape index (κ3) is 4.88. The standard InChI is InChI=1S/C30H38N4O2S/c1-19-10-22-12-21(25(11-19)20(2)32-26-8-6-7-9-27(26)37(5)36)13-28(33(4)29(22)35)34-16-23-14-30(3,18-31)15-24(23)17-34/h6-8,10-11,13,20,23-24,27,32H,9,12,14-17H2,1-5H3/t20-,23?,24?,27?,30?,37?/m1/s1. The smallest absolute Gasteiger partial charge is 0.255 e. The number of likely N-dealkylation sites (tertiary alicyclic amines) is 1. The Labute approximate surface area is 223 Å². The van der Waals surface area contributed by atoms with Crippen LogP contribution in [0.25, 0.3) is 0 Å². The Bertz CT molecular complexity index is 1250. The number of carbonyl (C=O) groups excluding carboxylic acids is 1. The Morgan fingerprint density at radius 1 is 1.22 bits per heavy atom. The molecule has 0 aromatic carbocycles. The van der Waals surface area contributed by atoms with Crippen LogP contribution in [0.5, 0.6) is 0 Å². The van der Waals surface area contributed by atoms with Crippen LogP contribution in [0.1, 0.15) is 46.5 Å². The van der Waals surface area contributed by atoms with E-state index in [9.17, 15) is 14.3 Å². The van der Waals surface area contributed by atoms with Gasteiger partial charge in [-0.2, -0.15) is 5.26 Å². The van der Waals surface area contributed by atoms with Gasteiger partial charge in [-0.05, 0) is 75.2 Å². The zero-order chi connectivity index (χ0) is 26.5. The van der Waals surface area contributed by atoms with Gasteiger partial charge in [-0.25, -0.2) is 0 Å². The van der Waals surface area contributed by atoms with Gasteiger partial charge in [0.1, 0.15) is 5.82 Å². The highest BCUT2D eigenvalue weighted by Gasteiger charge is 2.48. The quantitative estimate of drug-likeness (QED) is 0.587. The van der Waals surface area contributed by atoms with Gasteiger partial charge in [0.2, 0.25) is 0 Å². The molecule has 1 saturated heterocycles. The molecule has 0 aromatic heterocycles. The van der Waals surface area contributed by atoms with Crippen molar-refractivity contribution in [2.75, 3.05) is 26.4 Å². The number of nitrogens with zero attached hydrogens (tertiary/aromatic N) is 3. The van der Waals surface area contributed by atoms with E-state index in [1.807, 2.05) is 30.2 Å². The predicted molar refractivity (Wildman–Crippen MR) is 148 cm³/mol. The number of nitriles is 1. The summed E-state index contributed by atoms with van der Waals surface area (Å²) in [7, 11) is 0.928. The van der Waals surface area contributed by atoms with Crippen molar-refractivity contribution in [2.45, 2.75) is 57.7 Å². The van der Waals surface area contributed by atoms with Gasteiger partial charge in [0.15, 0.2) is 0 Å². The molecule has 1 N–H and O–H groups in total. The second kappa shape index (κ2) is 9.79. The van der Waals surface area contributed by atoms with E-state index in [1.54, 1.807) is 6.26 Å². The van der Waals surface area contributed by atoms with Crippen LogP contribution in [-0.4, -0.2) is 57.6 Å². The maximum Gasteiger partial charge on any atom is 0.255 e. The second-order valence-electron chi connectivity index (χ2n) is 11.7. The lowest BCUT2D eigenvalue weighted by atomic mass is 9.89. The Kier molecular flexibility index (Phi) is 6.83. The minimum absolute atomic E-state index is 0.00759. The first kappa shape index (κ1) is 25.8. The third-order valence-electron chi connectivity index (χ3n) is 8.72. The number of likely N-dealkylation sites (N-methyl/N-ethyl adjacent to an activating group) is 1. The van der Waals surface area contributed by atoms with E-state index in [1.165, 1.54) is 0 Å². The highest BCUT2D eigenvalue weighted by Crippen LogP contribution is 2.49. The summed E-state index contributed by atoms with van der Waals surface area (Å²) in [6.45, 7) is 8.07. The Balaban J connectivity index is 1.48. The second-order valence-corrected chi connectivity index (χ2v) is 13.3. The molecule has 5 aliphatic rings. The predicted octanol–water partition coefficient (Wildman–Crippen LogP) is 4.31.